The summed E-state index contributed by atoms with van der Waals surface area (Å²) in [5.74, 6) is -0.133. The molecule has 0 N–H and O–H groups in total. The van der Waals surface area contributed by atoms with Crippen molar-refractivity contribution in [2.45, 2.75) is 26.0 Å². The molecule has 0 saturated heterocycles. The fourth-order valence-corrected chi connectivity index (χ4v) is 3.87. The molecule has 0 aliphatic carbocycles. The van der Waals surface area contributed by atoms with Crippen LogP contribution in [-0.2, 0) is 20.9 Å². The average molecular weight is 408 g/mol. The zero-order valence-corrected chi connectivity index (χ0v) is 16.7. The molecule has 3 aromatic rings. The molecule has 148 valence electrons. The monoisotopic (exact) mass is 408 g/mol. The van der Waals surface area contributed by atoms with Crippen molar-refractivity contribution in [3.8, 4) is 17.0 Å². The van der Waals surface area contributed by atoms with Gasteiger partial charge in [0.1, 0.15) is 18.4 Å². The van der Waals surface area contributed by atoms with Crippen LogP contribution in [0, 0.1) is 0 Å². The van der Waals surface area contributed by atoms with Crippen LogP contribution in [-0.4, -0.2) is 29.5 Å². The highest BCUT2D eigenvalue weighted by atomic mass is 32.1. The van der Waals surface area contributed by atoms with E-state index in [4.69, 9.17) is 9.47 Å². The van der Waals surface area contributed by atoms with E-state index >= 15 is 0 Å². The van der Waals surface area contributed by atoms with E-state index in [9.17, 15) is 9.59 Å². The first-order chi connectivity index (χ1) is 14.2. The van der Waals surface area contributed by atoms with Crippen LogP contribution in [0.25, 0.3) is 11.3 Å². The first kappa shape index (κ1) is 19.1. The Morgan fingerprint density at radius 3 is 2.83 bits per heavy atom. The molecule has 1 aliphatic heterocycles. The van der Waals surface area contributed by atoms with Gasteiger partial charge in [0.05, 0.1) is 16.9 Å². The number of carbonyl (C=O) groups is 2. The molecule has 0 radical (unpaired) electrons. The molecule has 4 rings (SSSR count). The minimum absolute atomic E-state index is 0.106. The number of benzene rings is 2. The molecule has 0 fully saturated rings. The van der Waals surface area contributed by atoms with Gasteiger partial charge in [0.2, 0.25) is 0 Å². The summed E-state index contributed by atoms with van der Waals surface area (Å²) in [5, 5.41) is 1.93. The van der Waals surface area contributed by atoms with Crippen molar-refractivity contribution < 1.29 is 19.1 Å². The Morgan fingerprint density at radius 1 is 1.28 bits per heavy atom. The van der Waals surface area contributed by atoms with Gasteiger partial charge < -0.3 is 9.47 Å². The third kappa shape index (κ3) is 4.00. The van der Waals surface area contributed by atoms with Crippen LogP contribution < -0.4 is 9.64 Å². The Morgan fingerprint density at radius 2 is 2.10 bits per heavy atom. The number of aromatic nitrogens is 1. The molecule has 1 unspecified atom stereocenters. The molecule has 1 aliphatic rings. The van der Waals surface area contributed by atoms with Gasteiger partial charge in [0.15, 0.2) is 6.61 Å². The maximum absolute atomic E-state index is 12.8. The summed E-state index contributed by atoms with van der Waals surface area (Å²) in [7, 11) is 0. The van der Waals surface area contributed by atoms with Crippen LogP contribution >= 0.6 is 11.3 Å². The summed E-state index contributed by atoms with van der Waals surface area (Å²) in [5.41, 5.74) is 4.89. The lowest BCUT2D eigenvalue weighted by atomic mass is 10.1. The van der Waals surface area contributed by atoms with Gasteiger partial charge in [-0.25, -0.2) is 9.78 Å². The van der Waals surface area contributed by atoms with E-state index in [1.54, 1.807) is 5.51 Å². The maximum Gasteiger partial charge on any atom is 0.329 e. The molecule has 1 amide bonds. The topological polar surface area (TPSA) is 68.7 Å². The van der Waals surface area contributed by atoms with E-state index in [1.165, 1.54) is 16.2 Å². The number of fused-ring (bicyclic) bond motifs is 1. The van der Waals surface area contributed by atoms with E-state index in [0.717, 1.165) is 16.8 Å². The minimum atomic E-state index is -0.723. The third-order valence-electron chi connectivity index (χ3n) is 4.76. The highest BCUT2D eigenvalue weighted by Gasteiger charge is 2.36. The van der Waals surface area contributed by atoms with Crippen LogP contribution in [0.2, 0.25) is 0 Å². The Kier molecular flexibility index (Phi) is 5.57. The molecule has 2 heterocycles. The number of anilines is 1. The van der Waals surface area contributed by atoms with E-state index in [2.05, 4.69) is 4.98 Å². The number of hydrogen-bond acceptors (Lipinski definition) is 6. The Balaban J connectivity index is 1.61. The molecular formula is C22H20N2O4S. The van der Waals surface area contributed by atoms with Gasteiger partial charge in [-0.1, -0.05) is 37.3 Å². The van der Waals surface area contributed by atoms with Crippen LogP contribution in [0.5, 0.6) is 5.75 Å². The predicted octanol–water partition coefficient (Wildman–Crippen LogP) is 4.06. The highest BCUT2D eigenvalue weighted by Crippen LogP contribution is 2.37. The normalized spacial score (nSPS) is 14.1. The van der Waals surface area contributed by atoms with Crippen LogP contribution in [0.4, 0.5) is 5.69 Å². The van der Waals surface area contributed by atoms with Crippen molar-refractivity contribution in [3.05, 3.63) is 65.0 Å². The first-order valence-electron chi connectivity index (χ1n) is 9.35. The van der Waals surface area contributed by atoms with Crippen molar-refractivity contribution in [3.63, 3.8) is 0 Å². The van der Waals surface area contributed by atoms with Crippen molar-refractivity contribution in [2.24, 2.45) is 0 Å². The smallest absolute Gasteiger partial charge is 0.329 e. The van der Waals surface area contributed by atoms with Gasteiger partial charge in [-0.2, -0.15) is 0 Å². The van der Waals surface area contributed by atoms with E-state index < -0.39 is 12.0 Å². The second-order valence-corrected chi connectivity index (χ2v) is 7.34. The van der Waals surface area contributed by atoms with Crippen molar-refractivity contribution in [1.82, 2.24) is 4.98 Å². The van der Waals surface area contributed by atoms with Crippen molar-refractivity contribution >= 4 is 28.9 Å². The van der Waals surface area contributed by atoms with Crippen LogP contribution in [0.15, 0.2) is 59.4 Å². The molecule has 29 heavy (non-hydrogen) atoms. The Labute approximate surface area is 172 Å². The quantitative estimate of drug-likeness (QED) is 0.576. The van der Waals surface area contributed by atoms with Gasteiger partial charge in [-0.05, 0) is 30.2 Å². The molecular weight excluding hydrogens is 388 g/mol. The third-order valence-corrected chi connectivity index (χ3v) is 5.35. The maximum atomic E-state index is 12.8. The summed E-state index contributed by atoms with van der Waals surface area (Å²) < 4.78 is 11.1. The molecule has 0 bridgehead atoms. The van der Waals surface area contributed by atoms with Gasteiger partial charge in [-0.3, -0.25) is 9.69 Å². The lowest BCUT2D eigenvalue weighted by molar-refractivity contribution is -0.148. The average Bonchev–Trinajstić information content (AvgIpc) is 3.29. The lowest BCUT2D eigenvalue weighted by Crippen LogP contribution is -2.49. The zero-order valence-electron chi connectivity index (χ0n) is 15.9. The zero-order chi connectivity index (χ0) is 20.2. The Hall–Kier alpha value is -3.19. The fourth-order valence-electron chi connectivity index (χ4n) is 3.31. The summed E-state index contributed by atoms with van der Waals surface area (Å²) in [6.07, 6.45) is 0.430. The Bertz CT molecular complexity index is 1000. The molecule has 2 aromatic carbocycles. The number of amides is 1. The van der Waals surface area contributed by atoms with E-state index in [1.807, 2.05) is 60.8 Å². The first-order valence-corrected chi connectivity index (χ1v) is 10.3. The highest BCUT2D eigenvalue weighted by molar-refractivity contribution is 7.07. The van der Waals surface area contributed by atoms with E-state index in [-0.39, 0.29) is 19.1 Å². The molecule has 0 saturated carbocycles. The van der Waals surface area contributed by atoms with Crippen molar-refractivity contribution in [2.75, 3.05) is 11.5 Å². The molecule has 6 nitrogen and oxygen atoms in total. The summed E-state index contributed by atoms with van der Waals surface area (Å²) in [6, 6.07) is 14.3. The number of carbonyl (C=O) groups excluding carboxylic acids is 2. The second-order valence-electron chi connectivity index (χ2n) is 6.63. The summed E-state index contributed by atoms with van der Waals surface area (Å²) in [4.78, 5) is 31.4. The minimum Gasteiger partial charge on any atom is -0.482 e. The number of ether oxygens (including phenoxy) is 2. The number of thiazole rings is 1. The fraction of sp³-hybridized carbons (Fsp3) is 0.227. The number of hydrogen-bond donors (Lipinski definition) is 0. The lowest BCUT2D eigenvalue weighted by Gasteiger charge is -2.34. The van der Waals surface area contributed by atoms with Gasteiger partial charge in [-0.15, -0.1) is 11.3 Å². The number of nitrogens with zero attached hydrogens (tertiary/aromatic N) is 2. The van der Waals surface area contributed by atoms with Gasteiger partial charge in [0.25, 0.3) is 5.91 Å². The van der Waals surface area contributed by atoms with Gasteiger partial charge in [0, 0.05) is 10.9 Å². The van der Waals surface area contributed by atoms with Gasteiger partial charge >= 0.3 is 5.97 Å². The summed E-state index contributed by atoms with van der Waals surface area (Å²) >= 11 is 1.50. The molecule has 1 aromatic heterocycles. The number of rotatable bonds is 6. The summed E-state index contributed by atoms with van der Waals surface area (Å²) in [6.45, 7) is 1.92. The number of esters is 1. The second kappa shape index (κ2) is 8.45. The molecule has 7 heteroatoms. The standard InChI is InChI=1S/C22H20N2O4S/c1-2-18(22(26)28-11-15-6-4-3-5-7-15)24-19-10-16(17-13-29-14-23-17)8-9-20(19)27-12-21(24)25/h3-10,13-14,18H,2,11-12H2,1H3. The molecule has 1 atom stereocenters. The molecule has 0 spiro atoms. The SMILES string of the molecule is CCC(C(=O)OCc1ccccc1)N1C(=O)COc2ccc(-c3cscn3)cc21. The predicted molar refractivity (Wildman–Crippen MR) is 111 cm³/mol. The van der Waals surface area contributed by atoms with E-state index in [0.29, 0.717) is 17.9 Å². The largest absolute Gasteiger partial charge is 0.482 e. The van der Waals surface area contributed by atoms with Crippen molar-refractivity contribution in [1.29, 1.82) is 0 Å². The van der Waals surface area contributed by atoms with Crippen LogP contribution in [0.1, 0.15) is 18.9 Å². The van der Waals surface area contributed by atoms with Crippen LogP contribution in [0.3, 0.4) is 0 Å².